The van der Waals surface area contributed by atoms with Gasteiger partial charge in [0.1, 0.15) is 13.2 Å². The second-order valence-electron chi connectivity index (χ2n) is 6.75. The molecule has 31 heavy (non-hydrogen) atoms. The van der Waals surface area contributed by atoms with Crippen molar-refractivity contribution in [2.75, 3.05) is 18.5 Å². The SMILES string of the molecule is O=C(Cc1csc(-c2ccco2)n1)Nc1cc2c(cc1Sc1ccccc1)OCCO2. The van der Waals surface area contributed by atoms with E-state index in [0.29, 0.717) is 41.9 Å². The highest BCUT2D eigenvalue weighted by Crippen LogP contribution is 2.42. The highest BCUT2D eigenvalue weighted by molar-refractivity contribution is 7.99. The first-order valence-electron chi connectivity index (χ1n) is 9.69. The van der Waals surface area contributed by atoms with Crippen molar-refractivity contribution >= 4 is 34.7 Å². The Labute approximate surface area is 187 Å². The van der Waals surface area contributed by atoms with Crippen LogP contribution < -0.4 is 14.8 Å². The molecule has 6 nitrogen and oxygen atoms in total. The Morgan fingerprint density at radius 2 is 1.87 bits per heavy atom. The predicted molar refractivity (Wildman–Crippen MR) is 120 cm³/mol. The molecule has 4 aromatic rings. The molecule has 0 aliphatic carbocycles. The van der Waals surface area contributed by atoms with Crippen LogP contribution in [0.1, 0.15) is 5.69 Å². The van der Waals surface area contributed by atoms with E-state index in [0.717, 1.165) is 14.8 Å². The number of hydrogen-bond donors (Lipinski definition) is 1. The Hall–Kier alpha value is -3.23. The van der Waals surface area contributed by atoms with Gasteiger partial charge in [-0.05, 0) is 24.3 Å². The molecule has 8 heteroatoms. The lowest BCUT2D eigenvalue weighted by Crippen LogP contribution is -2.18. The molecule has 0 bridgehead atoms. The third-order valence-corrected chi connectivity index (χ3v) is 6.49. The van der Waals surface area contributed by atoms with E-state index in [2.05, 4.69) is 10.3 Å². The number of ether oxygens (including phenoxy) is 2. The number of nitrogens with zero attached hydrogens (tertiary/aromatic N) is 1. The first-order chi connectivity index (χ1) is 15.2. The summed E-state index contributed by atoms with van der Waals surface area (Å²) in [7, 11) is 0. The molecule has 1 N–H and O–H groups in total. The van der Waals surface area contributed by atoms with Gasteiger partial charge in [0.15, 0.2) is 22.3 Å². The van der Waals surface area contributed by atoms with E-state index >= 15 is 0 Å². The summed E-state index contributed by atoms with van der Waals surface area (Å²) in [5.74, 6) is 1.87. The number of benzene rings is 2. The Bertz CT molecular complexity index is 1190. The van der Waals surface area contributed by atoms with Crippen LogP contribution in [0, 0.1) is 0 Å². The van der Waals surface area contributed by atoms with Crippen LogP contribution in [0.2, 0.25) is 0 Å². The fraction of sp³-hybridized carbons (Fsp3) is 0.130. The quantitative estimate of drug-likeness (QED) is 0.418. The molecule has 3 heterocycles. The fourth-order valence-electron chi connectivity index (χ4n) is 3.13. The normalized spacial score (nSPS) is 12.5. The van der Waals surface area contributed by atoms with Gasteiger partial charge in [-0.15, -0.1) is 11.3 Å². The summed E-state index contributed by atoms with van der Waals surface area (Å²) < 4.78 is 16.8. The smallest absolute Gasteiger partial charge is 0.230 e. The van der Waals surface area contributed by atoms with Crippen molar-refractivity contribution in [3.8, 4) is 22.3 Å². The minimum absolute atomic E-state index is 0.150. The number of thiazole rings is 1. The van der Waals surface area contributed by atoms with Crippen LogP contribution in [-0.2, 0) is 11.2 Å². The number of carbonyl (C=O) groups is 1. The molecule has 1 aliphatic heterocycles. The predicted octanol–water partition coefficient (Wildman–Crippen LogP) is 5.51. The van der Waals surface area contributed by atoms with Crippen LogP contribution in [0.3, 0.4) is 0 Å². The van der Waals surface area contributed by atoms with Gasteiger partial charge in [0.2, 0.25) is 5.91 Å². The zero-order valence-electron chi connectivity index (χ0n) is 16.4. The molecule has 1 amide bonds. The maximum absolute atomic E-state index is 12.8. The molecule has 0 unspecified atom stereocenters. The van der Waals surface area contributed by atoms with E-state index in [9.17, 15) is 4.79 Å². The van der Waals surface area contributed by atoms with Crippen LogP contribution in [0.5, 0.6) is 11.5 Å². The van der Waals surface area contributed by atoms with Crippen molar-refractivity contribution in [3.63, 3.8) is 0 Å². The molecule has 2 aromatic carbocycles. The largest absolute Gasteiger partial charge is 0.486 e. The molecule has 0 fully saturated rings. The second kappa shape index (κ2) is 8.87. The average Bonchev–Trinajstić information content (AvgIpc) is 3.47. The van der Waals surface area contributed by atoms with Gasteiger partial charge in [0.25, 0.3) is 0 Å². The second-order valence-corrected chi connectivity index (χ2v) is 8.73. The maximum atomic E-state index is 12.8. The van der Waals surface area contributed by atoms with Crippen molar-refractivity contribution in [1.82, 2.24) is 4.98 Å². The number of rotatable bonds is 6. The van der Waals surface area contributed by atoms with Gasteiger partial charge >= 0.3 is 0 Å². The number of fused-ring (bicyclic) bond motifs is 1. The van der Waals surface area contributed by atoms with Crippen LogP contribution in [0.15, 0.2) is 80.4 Å². The van der Waals surface area contributed by atoms with Gasteiger partial charge in [-0.25, -0.2) is 4.98 Å². The van der Waals surface area contributed by atoms with Crippen LogP contribution in [0.4, 0.5) is 5.69 Å². The van der Waals surface area contributed by atoms with Gasteiger partial charge in [-0.1, -0.05) is 30.0 Å². The number of amides is 1. The number of carbonyl (C=O) groups excluding carboxylic acids is 1. The molecular weight excluding hydrogens is 432 g/mol. The Morgan fingerprint density at radius 1 is 1.06 bits per heavy atom. The maximum Gasteiger partial charge on any atom is 0.230 e. The van der Waals surface area contributed by atoms with Crippen molar-refractivity contribution in [2.24, 2.45) is 0 Å². The zero-order valence-corrected chi connectivity index (χ0v) is 18.0. The minimum atomic E-state index is -0.150. The Kier molecular flexibility index (Phi) is 5.64. The molecule has 0 saturated carbocycles. The third kappa shape index (κ3) is 4.60. The number of nitrogens with one attached hydrogen (secondary N) is 1. The number of aromatic nitrogens is 1. The number of furan rings is 1. The van der Waals surface area contributed by atoms with Crippen LogP contribution in [-0.4, -0.2) is 24.1 Å². The molecule has 156 valence electrons. The van der Waals surface area contributed by atoms with E-state index in [1.807, 2.05) is 60.0 Å². The third-order valence-electron chi connectivity index (χ3n) is 4.51. The lowest BCUT2D eigenvalue weighted by molar-refractivity contribution is -0.115. The summed E-state index contributed by atoms with van der Waals surface area (Å²) in [6.07, 6.45) is 1.78. The van der Waals surface area contributed by atoms with E-state index in [1.165, 1.54) is 11.3 Å². The molecule has 0 spiro atoms. The lowest BCUT2D eigenvalue weighted by Gasteiger charge is -2.21. The topological polar surface area (TPSA) is 73.6 Å². The van der Waals surface area contributed by atoms with Crippen molar-refractivity contribution in [1.29, 1.82) is 0 Å². The first-order valence-corrected chi connectivity index (χ1v) is 11.4. The monoisotopic (exact) mass is 450 g/mol. The first kappa shape index (κ1) is 19.7. The van der Waals surface area contributed by atoms with E-state index in [-0.39, 0.29) is 12.3 Å². The minimum Gasteiger partial charge on any atom is -0.486 e. The summed E-state index contributed by atoms with van der Waals surface area (Å²) in [6, 6.07) is 17.4. The van der Waals surface area contributed by atoms with Crippen molar-refractivity contribution < 1.29 is 18.7 Å². The van der Waals surface area contributed by atoms with Gasteiger partial charge in [0.05, 0.1) is 24.1 Å². The summed E-state index contributed by atoms with van der Waals surface area (Å²) >= 11 is 3.02. The summed E-state index contributed by atoms with van der Waals surface area (Å²) in [5.41, 5.74) is 1.38. The Balaban J connectivity index is 1.36. The van der Waals surface area contributed by atoms with Crippen LogP contribution >= 0.6 is 23.1 Å². The molecular formula is C23H18N2O4S2. The van der Waals surface area contributed by atoms with Gasteiger partial charge in [-0.2, -0.15) is 0 Å². The van der Waals surface area contributed by atoms with Crippen LogP contribution in [0.25, 0.3) is 10.8 Å². The summed E-state index contributed by atoms with van der Waals surface area (Å²) in [6.45, 7) is 0.996. The highest BCUT2D eigenvalue weighted by Gasteiger charge is 2.19. The van der Waals surface area contributed by atoms with Gasteiger partial charge in [0, 0.05) is 27.3 Å². The zero-order chi connectivity index (χ0) is 21.0. The molecule has 0 saturated heterocycles. The molecule has 0 atom stereocenters. The number of hydrogen-bond acceptors (Lipinski definition) is 7. The molecule has 5 rings (SSSR count). The van der Waals surface area contributed by atoms with E-state index in [1.54, 1.807) is 18.0 Å². The van der Waals surface area contributed by atoms with Gasteiger partial charge in [-0.3, -0.25) is 4.79 Å². The van der Waals surface area contributed by atoms with Crippen molar-refractivity contribution in [3.05, 3.63) is 71.9 Å². The fourth-order valence-corrected chi connectivity index (χ4v) is 4.85. The Morgan fingerprint density at radius 3 is 2.65 bits per heavy atom. The molecule has 2 aromatic heterocycles. The van der Waals surface area contributed by atoms with E-state index in [4.69, 9.17) is 13.9 Å². The van der Waals surface area contributed by atoms with Gasteiger partial charge < -0.3 is 19.2 Å². The molecule has 0 radical (unpaired) electrons. The molecule has 1 aliphatic rings. The van der Waals surface area contributed by atoms with Crippen molar-refractivity contribution in [2.45, 2.75) is 16.2 Å². The van der Waals surface area contributed by atoms with E-state index < -0.39 is 0 Å². The number of anilines is 1. The summed E-state index contributed by atoms with van der Waals surface area (Å²) in [4.78, 5) is 19.3. The standard InChI is InChI=1S/C23H18N2O4S2/c26-22(11-15-14-30-23(24-15)18-7-4-8-27-18)25-17-12-19-20(29-10-9-28-19)13-21(17)31-16-5-2-1-3-6-16/h1-8,12-14H,9-11H2,(H,25,26). The average molecular weight is 451 g/mol. The highest BCUT2D eigenvalue weighted by atomic mass is 32.2. The summed E-state index contributed by atoms with van der Waals surface area (Å²) in [5, 5.41) is 5.65. The lowest BCUT2D eigenvalue weighted by atomic mass is 10.2.